The number of amides is 2. The van der Waals surface area contributed by atoms with Crippen LogP contribution in [0.3, 0.4) is 0 Å². The van der Waals surface area contributed by atoms with Crippen molar-refractivity contribution in [3.8, 4) is 0 Å². The highest BCUT2D eigenvalue weighted by molar-refractivity contribution is 5.96. The number of nitrogens with zero attached hydrogens (tertiary/aromatic N) is 1. The molecule has 0 spiro atoms. The molecule has 1 rings (SSSR count). The summed E-state index contributed by atoms with van der Waals surface area (Å²) in [6.07, 6.45) is 2.90. The maximum Gasteiger partial charge on any atom is 0.245 e. The minimum atomic E-state index is -0.375. The van der Waals surface area contributed by atoms with E-state index in [1.807, 2.05) is 6.92 Å². The molecule has 0 saturated carbocycles. The summed E-state index contributed by atoms with van der Waals surface area (Å²) >= 11 is 0. The number of piperazine rings is 1. The van der Waals surface area contributed by atoms with Crippen LogP contribution in [0.25, 0.3) is 0 Å². The molecule has 4 heteroatoms. The first-order chi connectivity index (χ1) is 8.02. The molecule has 2 amide bonds. The number of carbonyl (C=O) groups excluding carboxylic acids is 2. The van der Waals surface area contributed by atoms with E-state index < -0.39 is 0 Å². The van der Waals surface area contributed by atoms with Crippen molar-refractivity contribution in [2.75, 3.05) is 6.54 Å². The lowest BCUT2D eigenvalue weighted by Crippen LogP contribution is -2.64. The molecule has 3 atom stereocenters. The average molecular weight is 240 g/mol. The van der Waals surface area contributed by atoms with Gasteiger partial charge in [0.05, 0.1) is 0 Å². The number of rotatable bonds is 5. The zero-order chi connectivity index (χ0) is 13.0. The summed E-state index contributed by atoms with van der Waals surface area (Å²) in [4.78, 5) is 25.9. The van der Waals surface area contributed by atoms with E-state index in [0.29, 0.717) is 6.54 Å². The molecule has 1 aliphatic heterocycles. The van der Waals surface area contributed by atoms with Gasteiger partial charge < -0.3 is 10.2 Å². The van der Waals surface area contributed by atoms with Gasteiger partial charge in [-0.05, 0) is 19.3 Å². The highest BCUT2D eigenvalue weighted by Gasteiger charge is 2.40. The fourth-order valence-corrected chi connectivity index (χ4v) is 2.25. The topological polar surface area (TPSA) is 49.4 Å². The molecular weight excluding hydrogens is 216 g/mol. The first-order valence-corrected chi connectivity index (χ1v) is 6.63. The van der Waals surface area contributed by atoms with Crippen LogP contribution in [-0.2, 0) is 9.59 Å². The highest BCUT2D eigenvalue weighted by atomic mass is 16.2. The first kappa shape index (κ1) is 14.0. The maximum atomic E-state index is 12.1. The van der Waals surface area contributed by atoms with Crippen molar-refractivity contribution in [3.05, 3.63) is 0 Å². The second-order valence-corrected chi connectivity index (χ2v) is 4.95. The van der Waals surface area contributed by atoms with Crippen molar-refractivity contribution >= 4 is 11.8 Å². The summed E-state index contributed by atoms with van der Waals surface area (Å²) in [5, 5.41) is 2.77. The van der Waals surface area contributed by atoms with Gasteiger partial charge in [0.2, 0.25) is 11.8 Å². The number of carbonyl (C=O) groups is 2. The summed E-state index contributed by atoms with van der Waals surface area (Å²) in [5.74, 6) is 0.272. The van der Waals surface area contributed by atoms with Gasteiger partial charge in [-0.2, -0.15) is 0 Å². The van der Waals surface area contributed by atoms with Crippen molar-refractivity contribution in [1.29, 1.82) is 0 Å². The molecule has 0 aromatic rings. The molecule has 1 N–H and O–H groups in total. The SMILES string of the molecule is CCCCN1C(=O)C(C)NC(=O)C1C(C)CC. The number of hydrogen-bond acceptors (Lipinski definition) is 2. The van der Waals surface area contributed by atoms with Gasteiger partial charge in [-0.1, -0.05) is 33.6 Å². The number of hydrogen-bond donors (Lipinski definition) is 1. The monoisotopic (exact) mass is 240 g/mol. The second-order valence-electron chi connectivity index (χ2n) is 4.95. The van der Waals surface area contributed by atoms with Crippen LogP contribution in [0.2, 0.25) is 0 Å². The molecule has 17 heavy (non-hydrogen) atoms. The van der Waals surface area contributed by atoms with E-state index in [9.17, 15) is 9.59 Å². The third-order valence-electron chi connectivity index (χ3n) is 3.55. The molecule has 98 valence electrons. The Balaban J connectivity index is 2.87. The van der Waals surface area contributed by atoms with Crippen LogP contribution in [0.15, 0.2) is 0 Å². The highest BCUT2D eigenvalue weighted by Crippen LogP contribution is 2.20. The summed E-state index contributed by atoms with van der Waals surface area (Å²) in [6, 6.07) is -0.657. The average Bonchev–Trinajstić information content (AvgIpc) is 2.31. The van der Waals surface area contributed by atoms with Crippen LogP contribution >= 0.6 is 0 Å². The van der Waals surface area contributed by atoms with Crippen LogP contribution in [0.4, 0.5) is 0 Å². The van der Waals surface area contributed by atoms with E-state index in [0.717, 1.165) is 19.3 Å². The minimum absolute atomic E-state index is 0.00236. The van der Waals surface area contributed by atoms with Gasteiger partial charge in [-0.3, -0.25) is 9.59 Å². The van der Waals surface area contributed by atoms with Crippen LogP contribution in [0.1, 0.15) is 47.0 Å². The van der Waals surface area contributed by atoms with Gasteiger partial charge in [0, 0.05) is 6.54 Å². The van der Waals surface area contributed by atoms with Gasteiger partial charge in [0.15, 0.2) is 0 Å². The van der Waals surface area contributed by atoms with Crippen molar-refractivity contribution < 1.29 is 9.59 Å². The van der Waals surface area contributed by atoms with E-state index in [2.05, 4.69) is 19.2 Å². The van der Waals surface area contributed by atoms with Gasteiger partial charge in [-0.15, -0.1) is 0 Å². The molecule has 0 aliphatic carbocycles. The lowest BCUT2D eigenvalue weighted by molar-refractivity contribution is -0.151. The Morgan fingerprint density at radius 3 is 2.53 bits per heavy atom. The summed E-state index contributed by atoms with van der Waals surface area (Å²) in [5.41, 5.74) is 0. The third-order valence-corrected chi connectivity index (χ3v) is 3.55. The van der Waals surface area contributed by atoms with E-state index >= 15 is 0 Å². The molecule has 1 aliphatic rings. The molecule has 0 aromatic heterocycles. The molecular formula is C13H24N2O2. The van der Waals surface area contributed by atoms with Gasteiger partial charge in [0.1, 0.15) is 12.1 Å². The standard InChI is InChI=1S/C13H24N2O2/c1-5-7-8-15-11(9(3)6-2)12(16)14-10(4)13(15)17/h9-11H,5-8H2,1-4H3,(H,14,16). The van der Waals surface area contributed by atoms with Crippen LogP contribution in [-0.4, -0.2) is 35.3 Å². The Morgan fingerprint density at radius 2 is 2.00 bits per heavy atom. The maximum absolute atomic E-state index is 12.1. The van der Waals surface area contributed by atoms with Gasteiger partial charge in [0.25, 0.3) is 0 Å². The van der Waals surface area contributed by atoms with Crippen LogP contribution in [0, 0.1) is 5.92 Å². The Hall–Kier alpha value is -1.06. The first-order valence-electron chi connectivity index (χ1n) is 6.63. The molecule has 0 aromatic carbocycles. The molecule has 0 radical (unpaired) electrons. The lowest BCUT2D eigenvalue weighted by Gasteiger charge is -2.40. The molecule has 0 bridgehead atoms. The summed E-state index contributed by atoms with van der Waals surface area (Å²) in [7, 11) is 0. The largest absolute Gasteiger partial charge is 0.343 e. The number of nitrogens with one attached hydrogen (secondary N) is 1. The van der Waals surface area contributed by atoms with Crippen molar-refractivity contribution in [2.45, 2.75) is 59.0 Å². The molecule has 1 fully saturated rings. The second kappa shape index (κ2) is 6.03. The fraction of sp³-hybridized carbons (Fsp3) is 0.846. The Bertz CT molecular complexity index is 291. The lowest BCUT2D eigenvalue weighted by atomic mass is 9.93. The van der Waals surface area contributed by atoms with Crippen LogP contribution < -0.4 is 5.32 Å². The third kappa shape index (κ3) is 2.99. The van der Waals surface area contributed by atoms with E-state index in [1.165, 1.54) is 0 Å². The van der Waals surface area contributed by atoms with Crippen molar-refractivity contribution in [2.24, 2.45) is 5.92 Å². The zero-order valence-corrected chi connectivity index (χ0v) is 11.3. The fourth-order valence-electron chi connectivity index (χ4n) is 2.25. The normalized spacial score (nSPS) is 26.9. The Kier molecular flexibility index (Phi) is 4.97. The Morgan fingerprint density at radius 1 is 1.35 bits per heavy atom. The van der Waals surface area contributed by atoms with E-state index in [-0.39, 0.29) is 29.8 Å². The predicted octanol–water partition coefficient (Wildman–Crippen LogP) is 1.55. The predicted molar refractivity (Wildman–Crippen MR) is 67.5 cm³/mol. The summed E-state index contributed by atoms with van der Waals surface area (Å²) < 4.78 is 0. The molecule has 3 unspecified atom stereocenters. The minimum Gasteiger partial charge on any atom is -0.343 e. The molecule has 1 saturated heterocycles. The summed E-state index contributed by atoms with van der Waals surface area (Å²) in [6.45, 7) is 8.63. The van der Waals surface area contributed by atoms with Gasteiger partial charge >= 0.3 is 0 Å². The van der Waals surface area contributed by atoms with Gasteiger partial charge in [-0.25, -0.2) is 0 Å². The smallest absolute Gasteiger partial charge is 0.245 e. The van der Waals surface area contributed by atoms with Crippen molar-refractivity contribution in [1.82, 2.24) is 10.2 Å². The quantitative estimate of drug-likeness (QED) is 0.792. The number of unbranched alkanes of at least 4 members (excludes halogenated alkanes) is 1. The van der Waals surface area contributed by atoms with E-state index in [4.69, 9.17) is 0 Å². The molecule has 4 nitrogen and oxygen atoms in total. The Labute approximate surface area is 104 Å². The zero-order valence-electron chi connectivity index (χ0n) is 11.3. The van der Waals surface area contributed by atoms with Crippen molar-refractivity contribution in [3.63, 3.8) is 0 Å². The van der Waals surface area contributed by atoms with E-state index in [1.54, 1.807) is 11.8 Å². The molecule has 1 heterocycles. The van der Waals surface area contributed by atoms with Crippen LogP contribution in [0.5, 0.6) is 0 Å².